The van der Waals surface area contributed by atoms with Crippen molar-refractivity contribution in [3.05, 3.63) is 29.0 Å². The molecule has 0 aromatic carbocycles. The molecule has 1 aromatic rings. The lowest BCUT2D eigenvalue weighted by atomic mass is 10.1. The van der Waals surface area contributed by atoms with Crippen LogP contribution >= 0.6 is 11.6 Å². The maximum Gasteiger partial charge on any atom is 0.306 e. The molecule has 1 aromatic heterocycles. The number of hydrogen-bond acceptors (Lipinski definition) is 3. The zero-order valence-electron chi connectivity index (χ0n) is 9.60. The van der Waals surface area contributed by atoms with Crippen LogP contribution in [-0.4, -0.2) is 28.0 Å². The second kappa shape index (κ2) is 5.35. The van der Waals surface area contributed by atoms with E-state index in [2.05, 4.69) is 10.3 Å². The largest absolute Gasteiger partial charge is 0.481 e. The molecule has 1 aliphatic carbocycles. The minimum atomic E-state index is -0.798. The van der Waals surface area contributed by atoms with Gasteiger partial charge in [0.2, 0.25) is 0 Å². The second-order valence-corrected chi connectivity index (χ2v) is 4.75. The third-order valence-electron chi connectivity index (χ3n) is 3.06. The fourth-order valence-corrected chi connectivity index (χ4v) is 2.29. The third kappa shape index (κ3) is 2.98. The number of carboxylic acids is 1. The molecule has 0 aliphatic heterocycles. The Bertz CT molecular complexity index is 478. The van der Waals surface area contributed by atoms with Crippen LogP contribution in [0.15, 0.2) is 18.2 Å². The van der Waals surface area contributed by atoms with Crippen LogP contribution in [0.5, 0.6) is 0 Å². The molecule has 96 valence electrons. The fourth-order valence-electron chi connectivity index (χ4n) is 2.13. The number of nitrogens with zero attached hydrogens (tertiary/aromatic N) is 1. The Morgan fingerprint density at radius 3 is 2.78 bits per heavy atom. The van der Waals surface area contributed by atoms with Gasteiger partial charge in [-0.2, -0.15) is 0 Å². The second-order valence-electron chi connectivity index (χ2n) is 4.36. The number of amides is 1. The van der Waals surface area contributed by atoms with Gasteiger partial charge < -0.3 is 10.4 Å². The Hall–Kier alpha value is -1.62. The summed E-state index contributed by atoms with van der Waals surface area (Å²) in [5.74, 6) is -1.47. The highest BCUT2D eigenvalue weighted by molar-refractivity contribution is 6.29. The first-order valence-corrected chi connectivity index (χ1v) is 6.10. The summed E-state index contributed by atoms with van der Waals surface area (Å²) in [4.78, 5) is 26.6. The van der Waals surface area contributed by atoms with Crippen molar-refractivity contribution >= 4 is 23.5 Å². The number of halogens is 1. The van der Waals surface area contributed by atoms with Gasteiger partial charge in [-0.3, -0.25) is 9.59 Å². The molecular weight excluding hydrogens is 256 g/mol. The van der Waals surface area contributed by atoms with Crippen molar-refractivity contribution in [2.75, 3.05) is 0 Å². The summed E-state index contributed by atoms with van der Waals surface area (Å²) in [5.41, 5.74) is 0.251. The first-order valence-electron chi connectivity index (χ1n) is 5.72. The molecule has 18 heavy (non-hydrogen) atoms. The summed E-state index contributed by atoms with van der Waals surface area (Å²) in [7, 11) is 0. The van der Waals surface area contributed by atoms with Crippen molar-refractivity contribution in [3.8, 4) is 0 Å². The van der Waals surface area contributed by atoms with E-state index in [4.69, 9.17) is 16.7 Å². The molecule has 2 atom stereocenters. The van der Waals surface area contributed by atoms with Crippen molar-refractivity contribution in [1.82, 2.24) is 10.3 Å². The molecule has 1 saturated carbocycles. The first kappa shape index (κ1) is 12.8. The van der Waals surface area contributed by atoms with Gasteiger partial charge in [-0.1, -0.05) is 17.7 Å². The highest BCUT2D eigenvalue weighted by atomic mass is 35.5. The van der Waals surface area contributed by atoms with Gasteiger partial charge in [0.1, 0.15) is 10.8 Å². The van der Waals surface area contributed by atoms with Gasteiger partial charge in [-0.25, -0.2) is 4.98 Å². The molecule has 0 bridgehead atoms. The average Bonchev–Trinajstić information content (AvgIpc) is 2.77. The Morgan fingerprint density at radius 2 is 2.17 bits per heavy atom. The van der Waals surface area contributed by atoms with Crippen LogP contribution in [0, 0.1) is 5.92 Å². The minimum absolute atomic E-state index is 0.0978. The number of carbonyl (C=O) groups is 2. The Balaban J connectivity index is 1.95. The SMILES string of the molecule is O=C(NC1CCC(C(=O)O)C1)c1cccc(Cl)n1. The maximum atomic E-state index is 11.8. The minimum Gasteiger partial charge on any atom is -0.481 e. The van der Waals surface area contributed by atoms with E-state index in [-0.39, 0.29) is 28.7 Å². The van der Waals surface area contributed by atoms with Crippen LogP contribution in [0.4, 0.5) is 0 Å². The molecule has 1 amide bonds. The number of hydrogen-bond donors (Lipinski definition) is 2. The van der Waals surface area contributed by atoms with E-state index in [1.807, 2.05) is 0 Å². The lowest BCUT2D eigenvalue weighted by molar-refractivity contribution is -0.141. The van der Waals surface area contributed by atoms with Crippen molar-refractivity contribution in [2.24, 2.45) is 5.92 Å². The summed E-state index contributed by atoms with van der Waals surface area (Å²) in [5, 5.41) is 11.9. The first-order chi connectivity index (χ1) is 8.56. The summed E-state index contributed by atoms with van der Waals surface area (Å²) >= 11 is 5.70. The Kier molecular flexibility index (Phi) is 3.81. The van der Waals surface area contributed by atoms with Gasteiger partial charge in [-0.05, 0) is 31.4 Å². The Morgan fingerprint density at radius 1 is 1.39 bits per heavy atom. The fraction of sp³-hybridized carbons (Fsp3) is 0.417. The van der Waals surface area contributed by atoms with E-state index in [9.17, 15) is 9.59 Å². The summed E-state index contributed by atoms with van der Waals surface area (Å²) in [6, 6.07) is 4.72. The molecule has 1 fully saturated rings. The zero-order valence-corrected chi connectivity index (χ0v) is 10.4. The van der Waals surface area contributed by atoms with E-state index in [0.717, 1.165) is 0 Å². The third-order valence-corrected chi connectivity index (χ3v) is 3.28. The van der Waals surface area contributed by atoms with Crippen molar-refractivity contribution < 1.29 is 14.7 Å². The van der Waals surface area contributed by atoms with E-state index in [0.29, 0.717) is 19.3 Å². The van der Waals surface area contributed by atoms with Crippen LogP contribution in [0.2, 0.25) is 5.15 Å². The quantitative estimate of drug-likeness (QED) is 0.818. The number of aliphatic carboxylic acids is 1. The summed E-state index contributed by atoms with van der Waals surface area (Å²) in [6.07, 6.45) is 1.76. The van der Waals surface area contributed by atoms with Crippen LogP contribution in [-0.2, 0) is 4.79 Å². The van der Waals surface area contributed by atoms with E-state index < -0.39 is 5.97 Å². The van der Waals surface area contributed by atoms with E-state index in [1.165, 1.54) is 0 Å². The van der Waals surface area contributed by atoms with Crippen LogP contribution < -0.4 is 5.32 Å². The van der Waals surface area contributed by atoms with Crippen molar-refractivity contribution in [3.63, 3.8) is 0 Å². The Labute approximate surface area is 109 Å². The summed E-state index contributed by atoms with van der Waals surface area (Å²) < 4.78 is 0. The van der Waals surface area contributed by atoms with Gasteiger partial charge in [0.15, 0.2) is 0 Å². The lowest BCUT2D eigenvalue weighted by Crippen LogP contribution is -2.33. The highest BCUT2D eigenvalue weighted by Gasteiger charge is 2.30. The molecule has 2 N–H and O–H groups in total. The molecule has 6 heteroatoms. The standard InChI is InChI=1S/C12H13ClN2O3/c13-10-3-1-2-9(15-10)11(16)14-8-5-4-7(6-8)12(17)18/h1-3,7-8H,4-6H2,(H,14,16)(H,17,18). The predicted molar refractivity (Wildman–Crippen MR) is 65.5 cm³/mol. The van der Waals surface area contributed by atoms with Gasteiger partial charge >= 0.3 is 5.97 Å². The van der Waals surface area contributed by atoms with Crippen LogP contribution in [0.3, 0.4) is 0 Å². The number of rotatable bonds is 3. The molecule has 0 spiro atoms. The number of nitrogens with one attached hydrogen (secondary N) is 1. The van der Waals surface area contributed by atoms with Gasteiger partial charge in [-0.15, -0.1) is 0 Å². The monoisotopic (exact) mass is 268 g/mol. The maximum absolute atomic E-state index is 11.8. The zero-order chi connectivity index (χ0) is 13.1. The van der Waals surface area contributed by atoms with Crippen molar-refractivity contribution in [1.29, 1.82) is 0 Å². The van der Waals surface area contributed by atoms with E-state index in [1.54, 1.807) is 18.2 Å². The average molecular weight is 269 g/mol. The number of carboxylic acid groups (broad SMARTS) is 1. The smallest absolute Gasteiger partial charge is 0.306 e. The van der Waals surface area contributed by atoms with Gasteiger partial charge in [0.05, 0.1) is 5.92 Å². The van der Waals surface area contributed by atoms with Gasteiger partial charge in [0.25, 0.3) is 5.91 Å². The predicted octanol–water partition coefficient (Wildman–Crippen LogP) is 1.72. The molecule has 1 heterocycles. The van der Waals surface area contributed by atoms with Crippen LogP contribution in [0.1, 0.15) is 29.8 Å². The molecule has 2 unspecified atom stereocenters. The van der Waals surface area contributed by atoms with E-state index >= 15 is 0 Å². The molecule has 1 aliphatic rings. The number of carbonyl (C=O) groups excluding carboxylic acids is 1. The summed E-state index contributed by atoms with van der Waals surface area (Å²) in [6.45, 7) is 0. The number of pyridine rings is 1. The highest BCUT2D eigenvalue weighted by Crippen LogP contribution is 2.25. The molecule has 2 rings (SSSR count). The molecule has 5 nitrogen and oxygen atoms in total. The number of aromatic nitrogens is 1. The lowest BCUT2D eigenvalue weighted by Gasteiger charge is -2.11. The topological polar surface area (TPSA) is 79.3 Å². The van der Waals surface area contributed by atoms with Crippen molar-refractivity contribution in [2.45, 2.75) is 25.3 Å². The normalized spacial score (nSPS) is 22.7. The molecule has 0 radical (unpaired) electrons. The molecule has 0 saturated heterocycles. The van der Waals surface area contributed by atoms with Gasteiger partial charge in [0, 0.05) is 6.04 Å². The molecular formula is C12H13ClN2O3. The van der Waals surface area contributed by atoms with Crippen LogP contribution in [0.25, 0.3) is 0 Å².